The summed E-state index contributed by atoms with van der Waals surface area (Å²) in [6.45, 7) is -1.59. The average Bonchev–Trinajstić information content (AvgIpc) is 2.87. The number of aromatic nitrogens is 2. The molecule has 4 nitrogen and oxygen atoms in total. The van der Waals surface area contributed by atoms with Gasteiger partial charge in [0.15, 0.2) is 0 Å². The number of hydrogen-bond acceptors (Lipinski definition) is 3. The molecule has 0 saturated carbocycles. The van der Waals surface area contributed by atoms with Gasteiger partial charge in [0.1, 0.15) is 5.82 Å². The molecule has 1 aromatic heterocycles. The molecule has 1 aliphatic rings. The molecule has 2 aromatic rings. The van der Waals surface area contributed by atoms with Crippen molar-refractivity contribution in [1.29, 1.82) is 0 Å². The monoisotopic (exact) mass is 278 g/mol. The summed E-state index contributed by atoms with van der Waals surface area (Å²) in [6.07, 6.45) is 3.52. The van der Waals surface area contributed by atoms with Gasteiger partial charge in [0.25, 0.3) is 0 Å². The van der Waals surface area contributed by atoms with Crippen molar-refractivity contribution in [1.82, 2.24) is 9.55 Å². The fraction of sp³-hybridized carbons (Fsp3) is 0.357. The molecular weight excluding hydrogens is 262 g/mol. The zero-order valence-corrected chi connectivity index (χ0v) is 10.9. The number of fused-ring (bicyclic) bond motifs is 1. The highest BCUT2D eigenvalue weighted by Crippen LogP contribution is 2.28. The number of imidazole rings is 1. The summed E-state index contributed by atoms with van der Waals surface area (Å²) in [6, 6.07) is 7.95. The Kier molecular flexibility index (Phi) is 3.40. The number of nitrogens with zero attached hydrogens (tertiary/aromatic N) is 3. The molecule has 106 valence electrons. The van der Waals surface area contributed by atoms with Gasteiger partial charge in [0, 0.05) is 30.7 Å². The van der Waals surface area contributed by atoms with E-state index in [1.165, 1.54) is 12.4 Å². The zero-order chi connectivity index (χ0) is 14.1. The molecule has 1 unspecified atom stereocenters. The molecule has 1 aromatic carbocycles. The smallest absolute Gasteiger partial charge is 0.319 e. The van der Waals surface area contributed by atoms with E-state index in [4.69, 9.17) is 5.73 Å². The molecule has 1 atom stereocenters. The Morgan fingerprint density at radius 3 is 2.95 bits per heavy atom. The van der Waals surface area contributed by atoms with E-state index in [-0.39, 0.29) is 6.04 Å². The summed E-state index contributed by atoms with van der Waals surface area (Å²) in [5, 5.41) is 0. The van der Waals surface area contributed by atoms with Gasteiger partial charge in [-0.15, -0.1) is 0 Å². The largest absolute Gasteiger partial charge is 0.362 e. The Balaban J connectivity index is 1.89. The van der Waals surface area contributed by atoms with Crippen LogP contribution in [0.15, 0.2) is 36.7 Å². The van der Waals surface area contributed by atoms with Crippen molar-refractivity contribution in [3.05, 3.63) is 48.0 Å². The van der Waals surface area contributed by atoms with Gasteiger partial charge in [-0.3, -0.25) is 4.57 Å². The summed E-state index contributed by atoms with van der Waals surface area (Å²) in [5.41, 5.74) is 8.26. The van der Waals surface area contributed by atoms with Crippen LogP contribution < -0.4 is 10.6 Å². The van der Waals surface area contributed by atoms with E-state index in [0.717, 1.165) is 22.2 Å². The molecule has 2 N–H and O–H groups in total. The molecule has 3 rings (SSSR count). The maximum absolute atomic E-state index is 12.9. The molecule has 20 heavy (non-hydrogen) atoms. The lowest BCUT2D eigenvalue weighted by Gasteiger charge is -2.34. The molecule has 0 saturated heterocycles. The number of hydrogen-bond donors (Lipinski definition) is 1. The van der Waals surface area contributed by atoms with Crippen molar-refractivity contribution in [2.24, 2.45) is 5.73 Å². The number of anilines is 1. The highest BCUT2D eigenvalue weighted by molar-refractivity contribution is 5.56. The van der Waals surface area contributed by atoms with E-state index in [0.29, 0.717) is 18.9 Å². The number of alkyl halides is 2. The van der Waals surface area contributed by atoms with Crippen LogP contribution in [-0.2, 0) is 13.0 Å². The number of rotatable bonds is 3. The lowest BCUT2D eigenvalue weighted by Crippen LogP contribution is -2.43. The van der Waals surface area contributed by atoms with Crippen LogP contribution in [0.3, 0.4) is 0 Å². The molecule has 6 heteroatoms. The van der Waals surface area contributed by atoms with E-state index in [1.807, 2.05) is 29.2 Å². The first-order valence-electron chi connectivity index (χ1n) is 6.53. The highest BCUT2D eigenvalue weighted by atomic mass is 19.3. The van der Waals surface area contributed by atoms with Crippen LogP contribution >= 0.6 is 0 Å². The van der Waals surface area contributed by atoms with E-state index in [9.17, 15) is 8.78 Å². The number of para-hydroxylation sites is 1. The van der Waals surface area contributed by atoms with Crippen LogP contribution in [0, 0.1) is 0 Å². The first kappa shape index (κ1) is 13.1. The number of nitrogens with two attached hydrogens (primary N) is 1. The Morgan fingerprint density at radius 1 is 1.35 bits per heavy atom. The Bertz CT molecular complexity index is 596. The number of benzene rings is 1. The van der Waals surface area contributed by atoms with E-state index in [2.05, 4.69) is 4.98 Å². The first-order chi connectivity index (χ1) is 9.65. The maximum atomic E-state index is 12.9. The lowest BCUT2D eigenvalue weighted by molar-refractivity contribution is 0.0669. The normalized spacial score (nSPS) is 18.4. The summed E-state index contributed by atoms with van der Waals surface area (Å²) in [5.74, 6) is 0.351. The SMILES string of the molecule is NC1Cc2ccccc2N(Cc2nccn2C(F)F)C1. The van der Waals surface area contributed by atoms with E-state index >= 15 is 0 Å². The third-order valence-corrected chi connectivity index (χ3v) is 3.56. The second-order valence-electron chi connectivity index (χ2n) is 5.00. The predicted octanol–water partition coefficient (Wildman–Crippen LogP) is 2.17. The van der Waals surface area contributed by atoms with Gasteiger partial charge in [-0.05, 0) is 18.1 Å². The van der Waals surface area contributed by atoms with Gasteiger partial charge < -0.3 is 10.6 Å². The fourth-order valence-electron chi connectivity index (χ4n) is 2.68. The molecule has 0 radical (unpaired) electrons. The van der Waals surface area contributed by atoms with Gasteiger partial charge >= 0.3 is 6.55 Å². The molecule has 0 aliphatic carbocycles. The van der Waals surface area contributed by atoms with Crippen molar-refractivity contribution in [3.63, 3.8) is 0 Å². The summed E-state index contributed by atoms with van der Waals surface area (Å²) in [7, 11) is 0. The zero-order valence-electron chi connectivity index (χ0n) is 10.9. The minimum atomic E-state index is -2.57. The molecule has 2 heterocycles. The summed E-state index contributed by atoms with van der Waals surface area (Å²) >= 11 is 0. The second-order valence-corrected chi connectivity index (χ2v) is 5.00. The quantitative estimate of drug-likeness (QED) is 0.936. The first-order valence-corrected chi connectivity index (χ1v) is 6.53. The van der Waals surface area contributed by atoms with Crippen LogP contribution in [0.25, 0.3) is 0 Å². The average molecular weight is 278 g/mol. The molecule has 1 aliphatic heterocycles. The van der Waals surface area contributed by atoms with Gasteiger partial charge in [0.05, 0.1) is 6.54 Å². The fourth-order valence-corrected chi connectivity index (χ4v) is 2.68. The Hall–Kier alpha value is -1.95. The van der Waals surface area contributed by atoms with Crippen LogP contribution in [0.2, 0.25) is 0 Å². The molecular formula is C14H16F2N4. The van der Waals surface area contributed by atoms with Gasteiger partial charge in [-0.25, -0.2) is 4.98 Å². The second kappa shape index (κ2) is 5.20. The Morgan fingerprint density at radius 2 is 2.15 bits per heavy atom. The van der Waals surface area contributed by atoms with Crippen LogP contribution in [0.4, 0.5) is 14.5 Å². The number of halogens is 2. The van der Waals surface area contributed by atoms with Crippen molar-refractivity contribution < 1.29 is 8.78 Å². The summed E-state index contributed by atoms with van der Waals surface area (Å²) in [4.78, 5) is 6.05. The van der Waals surface area contributed by atoms with Crippen LogP contribution in [0.1, 0.15) is 17.9 Å². The van der Waals surface area contributed by atoms with Crippen LogP contribution in [0.5, 0.6) is 0 Å². The maximum Gasteiger partial charge on any atom is 0.319 e. The molecule has 0 fully saturated rings. The van der Waals surface area contributed by atoms with Gasteiger partial charge in [0.2, 0.25) is 0 Å². The van der Waals surface area contributed by atoms with Gasteiger partial charge in [-0.1, -0.05) is 18.2 Å². The third-order valence-electron chi connectivity index (χ3n) is 3.56. The van der Waals surface area contributed by atoms with Crippen molar-refractivity contribution >= 4 is 5.69 Å². The minimum Gasteiger partial charge on any atom is -0.362 e. The third kappa shape index (κ3) is 2.38. The highest BCUT2D eigenvalue weighted by Gasteiger charge is 2.23. The van der Waals surface area contributed by atoms with E-state index < -0.39 is 6.55 Å². The van der Waals surface area contributed by atoms with Gasteiger partial charge in [-0.2, -0.15) is 8.78 Å². The van der Waals surface area contributed by atoms with Crippen molar-refractivity contribution in [2.75, 3.05) is 11.4 Å². The van der Waals surface area contributed by atoms with E-state index in [1.54, 1.807) is 0 Å². The standard InChI is InChI=1S/C14H16F2N4/c15-14(16)20-6-5-18-13(20)9-19-8-11(17)7-10-3-1-2-4-12(10)19/h1-6,11,14H,7-9,17H2. The summed E-state index contributed by atoms with van der Waals surface area (Å²) < 4.78 is 26.6. The molecule has 0 bridgehead atoms. The Labute approximate surface area is 115 Å². The lowest BCUT2D eigenvalue weighted by atomic mass is 9.98. The molecule has 0 spiro atoms. The van der Waals surface area contributed by atoms with Crippen molar-refractivity contribution in [2.45, 2.75) is 25.6 Å². The van der Waals surface area contributed by atoms with Crippen LogP contribution in [-0.4, -0.2) is 22.1 Å². The topological polar surface area (TPSA) is 47.1 Å². The molecule has 0 amide bonds. The van der Waals surface area contributed by atoms with Crippen molar-refractivity contribution in [3.8, 4) is 0 Å². The predicted molar refractivity (Wildman–Crippen MR) is 72.7 cm³/mol. The minimum absolute atomic E-state index is 0.0138.